The molecule has 2 aromatic heterocycles. The van der Waals surface area contributed by atoms with Gasteiger partial charge in [0, 0.05) is 6.20 Å². The number of carbonyl (C=O) groups is 1. The zero-order valence-corrected chi connectivity index (χ0v) is 15.5. The van der Waals surface area contributed by atoms with E-state index in [0.29, 0.717) is 46.3 Å². The van der Waals surface area contributed by atoms with Crippen LogP contribution in [0.5, 0.6) is 0 Å². The molecule has 0 atom stereocenters. The third-order valence-electron chi connectivity index (χ3n) is 3.89. The Morgan fingerprint density at radius 2 is 2.07 bits per heavy atom. The number of halogens is 2. The molecule has 3 heterocycles. The molecule has 0 aliphatic carbocycles. The number of ether oxygens (including phenoxy) is 1. The molecule has 1 N–H and O–H groups in total. The van der Waals surface area contributed by atoms with Gasteiger partial charge in [0.05, 0.1) is 29.6 Å². The topological polar surface area (TPSA) is 81.4 Å². The van der Waals surface area contributed by atoms with Gasteiger partial charge in [0.1, 0.15) is 22.8 Å². The van der Waals surface area contributed by atoms with Gasteiger partial charge in [0.2, 0.25) is 5.90 Å². The average Bonchev–Trinajstić information content (AvgIpc) is 3.32. The first-order valence-corrected chi connectivity index (χ1v) is 8.86. The fourth-order valence-corrected chi connectivity index (χ4v) is 3.06. The van der Waals surface area contributed by atoms with Crippen LogP contribution in [0.2, 0.25) is 0 Å². The van der Waals surface area contributed by atoms with Crippen LogP contribution in [0.3, 0.4) is 0 Å². The summed E-state index contributed by atoms with van der Waals surface area (Å²) >= 11 is 3.27. The van der Waals surface area contributed by atoms with Crippen LogP contribution in [0.1, 0.15) is 15.9 Å². The van der Waals surface area contributed by atoms with E-state index in [-0.39, 0.29) is 11.7 Å². The summed E-state index contributed by atoms with van der Waals surface area (Å²) < 4.78 is 20.7. The maximum Gasteiger partial charge on any atom is 0.259 e. The third-order valence-corrected chi connectivity index (χ3v) is 4.52. The second kappa shape index (κ2) is 7.28. The predicted molar refractivity (Wildman–Crippen MR) is 101 cm³/mol. The monoisotopic (exact) mass is 429 g/mol. The Kier molecular flexibility index (Phi) is 4.68. The summed E-state index contributed by atoms with van der Waals surface area (Å²) in [7, 11) is 0. The van der Waals surface area contributed by atoms with E-state index in [9.17, 15) is 9.18 Å². The molecule has 0 saturated carbocycles. The Hall–Kier alpha value is -3.07. The Labute approximate surface area is 162 Å². The maximum absolute atomic E-state index is 13.3. The molecule has 7 nitrogen and oxygen atoms in total. The minimum Gasteiger partial charge on any atom is -0.475 e. The number of pyridine rings is 1. The van der Waals surface area contributed by atoms with Gasteiger partial charge in [-0.15, -0.1) is 0 Å². The van der Waals surface area contributed by atoms with Crippen molar-refractivity contribution in [2.45, 2.75) is 0 Å². The van der Waals surface area contributed by atoms with Gasteiger partial charge >= 0.3 is 0 Å². The van der Waals surface area contributed by atoms with Crippen molar-refractivity contribution in [2.75, 3.05) is 18.5 Å². The molecule has 1 aromatic carbocycles. The molecule has 0 unspecified atom stereocenters. The number of rotatable bonds is 4. The number of hydrogen-bond donors (Lipinski definition) is 1. The molecule has 0 radical (unpaired) electrons. The van der Waals surface area contributed by atoms with Gasteiger partial charge in [-0.25, -0.2) is 19.0 Å². The molecule has 1 aliphatic rings. The number of carbonyl (C=O) groups excluding carboxylic acids is 1. The highest BCUT2D eigenvalue weighted by Gasteiger charge is 2.23. The summed E-state index contributed by atoms with van der Waals surface area (Å²) in [4.78, 5) is 21.1. The average molecular weight is 430 g/mol. The van der Waals surface area contributed by atoms with Crippen molar-refractivity contribution in [1.82, 2.24) is 14.8 Å². The van der Waals surface area contributed by atoms with Crippen LogP contribution >= 0.6 is 15.9 Å². The number of nitrogens with one attached hydrogen (secondary N) is 1. The summed E-state index contributed by atoms with van der Waals surface area (Å²) in [5.41, 5.74) is 1.50. The summed E-state index contributed by atoms with van der Waals surface area (Å²) in [6.07, 6.45) is 3.14. The van der Waals surface area contributed by atoms with Crippen LogP contribution in [0.15, 0.2) is 58.4 Å². The molecule has 0 bridgehead atoms. The first kappa shape index (κ1) is 17.3. The molecule has 0 saturated heterocycles. The Morgan fingerprint density at radius 3 is 2.78 bits per heavy atom. The van der Waals surface area contributed by atoms with Crippen molar-refractivity contribution in [2.24, 2.45) is 4.99 Å². The molecule has 1 amide bonds. The fraction of sp³-hybridized carbons (Fsp3) is 0.111. The van der Waals surface area contributed by atoms with Gasteiger partial charge in [-0.05, 0) is 52.3 Å². The number of benzene rings is 1. The lowest BCUT2D eigenvalue weighted by Gasteiger charge is -2.12. The molecule has 1 aliphatic heterocycles. The summed E-state index contributed by atoms with van der Waals surface area (Å²) in [5, 5.41) is 7.16. The second-order valence-electron chi connectivity index (χ2n) is 5.63. The highest BCUT2D eigenvalue weighted by Crippen LogP contribution is 2.24. The van der Waals surface area contributed by atoms with Crippen molar-refractivity contribution in [3.05, 3.63) is 70.3 Å². The van der Waals surface area contributed by atoms with E-state index in [1.807, 2.05) is 0 Å². The highest BCUT2D eigenvalue weighted by atomic mass is 79.9. The van der Waals surface area contributed by atoms with E-state index < -0.39 is 0 Å². The molecule has 0 fully saturated rings. The normalized spacial score (nSPS) is 13.2. The maximum atomic E-state index is 13.3. The van der Waals surface area contributed by atoms with Crippen LogP contribution < -0.4 is 5.32 Å². The van der Waals surface area contributed by atoms with Gasteiger partial charge in [0.25, 0.3) is 5.91 Å². The molecular formula is C18H13BrFN5O2. The second-order valence-corrected chi connectivity index (χ2v) is 6.38. The Morgan fingerprint density at radius 1 is 1.26 bits per heavy atom. The van der Waals surface area contributed by atoms with Gasteiger partial charge < -0.3 is 10.1 Å². The molecule has 3 aromatic rings. The quantitative estimate of drug-likeness (QED) is 0.645. The molecule has 27 heavy (non-hydrogen) atoms. The Balaban J connectivity index is 1.76. The predicted octanol–water partition coefficient (Wildman–Crippen LogP) is 3.20. The van der Waals surface area contributed by atoms with Gasteiger partial charge in [-0.2, -0.15) is 5.10 Å². The lowest BCUT2D eigenvalue weighted by molar-refractivity contribution is 0.102. The smallest absolute Gasteiger partial charge is 0.259 e. The highest BCUT2D eigenvalue weighted by molar-refractivity contribution is 9.10. The number of hydrogen-bond acceptors (Lipinski definition) is 5. The summed E-state index contributed by atoms with van der Waals surface area (Å²) in [6.45, 7) is 1.01. The van der Waals surface area contributed by atoms with Crippen LogP contribution in [-0.4, -0.2) is 39.7 Å². The van der Waals surface area contributed by atoms with Gasteiger partial charge in [0.15, 0.2) is 0 Å². The summed E-state index contributed by atoms with van der Waals surface area (Å²) in [5.74, 6) is 0.0464. The fourth-order valence-electron chi connectivity index (χ4n) is 2.63. The molecule has 9 heteroatoms. The van der Waals surface area contributed by atoms with Crippen molar-refractivity contribution in [1.29, 1.82) is 0 Å². The molecule has 0 spiro atoms. The Bertz CT molecular complexity index is 1030. The minimum absolute atomic E-state index is 0.362. The van der Waals surface area contributed by atoms with Gasteiger partial charge in [-0.3, -0.25) is 4.79 Å². The SMILES string of the molecule is O=C(Nc1c(C2=NCCO2)cnn1-c1ccc(F)cc1)c1cccnc1Br. The standard InChI is InChI=1S/C18H13BrFN5O2/c19-15-13(2-1-7-21-15)17(26)24-16-14(18-22-8-9-27-18)10-23-25(16)12-5-3-11(20)4-6-12/h1-7,10H,8-9H2,(H,24,26). The van der Waals surface area contributed by atoms with Crippen LogP contribution in [0, 0.1) is 5.82 Å². The van der Waals surface area contributed by atoms with Crippen LogP contribution in [0.4, 0.5) is 10.2 Å². The largest absolute Gasteiger partial charge is 0.475 e. The summed E-state index contributed by atoms with van der Waals surface area (Å²) in [6, 6.07) is 9.10. The van der Waals surface area contributed by atoms with E-state index in [1.54, 1.807) is 36.7 Å². The molecular weight excluding hydrogens is 417 g/mol. The zero-order chi connectivity index (χ0) is 18.8. The number of nitrogens with zero attached hydrogens (tertiary/aromatic N) is 4. The van der Waals surface area contributed by atoms with E-state index in [0.717, 1.165) is 0 Å². The molecule has 4 rings (SSSR count). The van der Waals surface area contributed by atoms with Crippen molar-refractivity contribution >= 4 is 33.6 Å². The van der Waals surface area contributed by atoms with E-state index in [1.165, 1.54) is 16.8 Å². The minimum atomic E-state index is -0.376. The number of aliphatic imine (C=N–C) groups is 1. The molecule has 136 valence electrons. The lowest BCUT2D eigenvalue weighted by atomic mass is 10.2. The van der Waals surface area contributed by atoms with Gasteiger partial charge in [-0.1, -0.05) is 0 Å². The first-order valence-electron chi connectivity index (χ1n) is 8.07. The van der Waals surface area contributed by atoms with E-state index in [2.05, 4.69) is 36.3 Å². The van der Waals surface area contributed by atoms with Crippen molar-refractivity contribution < 1.29 is 13.9 Å². The zero-order valence-electron chi connectivity index (χ0n) is 13.9. The van der Waals surface area contributed by atoms with E-state index >= 15 is 0 Å². The number of aromatic nitrogens is 3. The van der Waals surface area contributed by atoms with Crippen LogP contribution in [0.25, 0.3) is 5.69 Å². The number of anilines is 1. The third kappa shape index (κ3) is 3.45. The lowest BCUT2D eigenvalue weighted by Crippen LogP contribution is -2.18. The van der Waals surface area contributed by atoms with Crippen molar-refractivity contribution in [3.8, 4) is 5.69 Å². The van der Waals surface area contributed by atoms with E-state index in [4.69, 9.17) is 4.74 Å². The van der Waals surface area contributed by atoms with Crippen molar-refractivity contribution in [3.63, 3.8) is 0 Å². The van der Waals surface area contributed by atoms with Crippen LogP contribution in [-0.2, 0) is 4.74 Å². The first-order chi connectivity index (χ1) is 13.1. The number of amides is 1.